The van der Waals surface area contributed by atoms with Gasteiger partial charge in [-0.05, 0) is 86.9 Å². The number of halogens is 1. The summed E-state index contributed by atoms with van der Waals surface area (Å²) < 4.78 is 13.9. The van der Waals surface area contributed by atoms with Gasteiger partial charge in [0.2, 0.25) is 0 Å². The first-order valence-corrected chi connectivity index (χ1v) is 11.2. The minimum atomic E-state index is -0.322. The zero-order valence-corrected chi connectivity index (χ0v) is 18.4. The zero-order valence-electron chi connectivity index (χ0n) is 18.4. The first-order valence-electron chi connectivity index (χ1n) is 11.2. The number of hydrogen-bond acceptors (Lipinski definition) is 4. The van der Waals surface area contributed by atoms with Crippen LogP contribution >= 0.6 is 0 Å². The van der Waals surface area contributed by atoms with Gasteiger partial charge < -0.3 is 15.5 Å². The number of aromatic amines is 1. The molecule has 0 atom stereocenters. The van der Waals surface area contributed by atoms with Crippen molar-refractivity contribution >= 4 is 34.0 Å². The quantitative estimate of drug-likeness (QED) is 0.380. The topological polar surface area (TPSA) is 73.0 Å². The first-order chi connectivity index (χ1) is 16.1. The Balaban J connectivity index is 1.28. The summed E-state index contributed by atoms with van der Waals surface area (Å²) in [7, 11) is 2.16. The van der Waals surface area contributed by atoms with Crippen LogP contribution in [0.3, 0.4) is 0 Å². The molecule has 1 saturated heterocycles. The minimum absolute atomic E-state index is 0.202. The summed E-state index contributed by atoms with van der Waals surface area (Å²) in [6, 6.07) is 19.9. The Morgan fingerprint density at radius 1 is 1.06 bits per heavy atom. The number of amides is 1. The molecule has 0 spiro atoms. The number of carbonyl (C=O) groups is 1. The standard InChI is InChI=1S/C26H26FN5O/c1-32-14-12-18(13-15-32)17-6-8-19(9-7-17)26(33)29-25-21-11-10-20(16-24(21)30-31-25)28-23-5-3-2-4-22(23)27/h2-11,16,18,28H,12-15H2,1H3,(H2,29,30,31,33). The van der Waals surface area contributed by atoms with Gasteiger partial charge in [-0.1, -0.05) is 24.3 Å². The van der Waals surface area contributed by atoms with Crippen molar-refractivity contribution in [1.82, 2.24) is 15.1 Å². The van der Waals surface area contributed by atoms with Crippen molar-refractivity contribution in [2.75, 3.05) is 30.8 Å². The molecule has 7 heteroatoms. The summed E-state index contributed by atoms with van der Waals surface area (Å²) in [5, 5.41) is 13.9. The number of likely N-dealkylation sites (tertiary alicyclic amines) is 1. The highest BCUT2D eigenvalue weighted by atomic mass is 19.1. The van der Waals surface area contributed by atoms with Gasteiger partial charge in [0.05, 0.1) is 11.2 Å². The fourth-order valence-corrected chi connectivity index (χ4v) is 4.34. The number of H-pyrrole nitrogens is 1. The van der Waals surface area contributed by atoms with Gasteiger partial charge in [-0.15, -0.1) is 0 Å². The Hall–Kier alpha value is -3.71. The van der Waals surface area contributed by atoms with E-state index >= 15 is 0 Å². The summed E-state index contributed by atoms with van der Waals surface area (Å²) in [4.78, 5) is 15.2. The van der Waals surface area contributed by atoms with E-state index in [4.69, 9.17) is 0 Å². The van der Waals surface area contributed by atoms with Crippen LogP contribution in [-0.4, -0.2) is 41.1 Å². The lowest BCUT2D eigenvalue weighted by Gasteiger charge is -2.29. The third-order valence-corrected chi connectivity index (χ3v) is 6.31. The molecule has 1 fully saturated rings. The van der Waals surface area contributed by atoms with Crippen LogP contribution in [0, 0.1) is 5.82 Å². The van der Waals surface area contributed by atoms with Crippen molar-refractivity contribution in [2.24, 2.45) is 0 Å². The van der Waals surface area contributed by atoms with E-state index in [2.05, 4.69) is 44.9 Å². The second-order valence-corrected chi connectivity index (χ2v) is 8.59. The van der Waals surface area contributed by atoms with Crippen molar-refractivity contribution < 1.29 is 9.18 Å². The molecule has 2 heterocycles. The molecule has 5 rings (SSSR count). The molecule has 1 aliphatic heterocycles. The van der Waals surface area contributed by atoms with Crippen LogP contribution in [0.5, 0.6) is 0 Å². The van der Waals surface area contributed by atoms with E-state index in [0.717, 1.165) is 42.5 Å². The molecule has 6 nitrogen and oxygen atoms in total. The van der Waals surface area contributed by atoms with E-state index in [1.807, 2.05) is 30.3 Å². The van der Waals surface area contributed by atoms with E-state index < -0.39 is 0 Å². The molecule has 168 valence electrons. The average molecular weight is 444 g/mol. The van der Waals surface area contributed by atoms with Gasteiger partial charge in [0, 0.05) is 16.6 Å². The summed E-state index contributed by atoms with van der Waals surface area (Å²) in [6.45, 7) is 2.22. The average Bonchev–Trinajstić information content (AvgIpc) is 3.23. The Kier molecular flexibility index (Phi) is 5.79. The fraction of sp³-hybridized carbons (Fsp3) is 0.231. The number of nitrogens with one attached hydrogen (secondary N) is 3. The number of hydrogen-bond donors (Lipinski definition) is 3. The van der Waals surface area contributed by atoms with Crippen LogP contribution in [-0.2, 0) is 0 Å². The van der Waals surface area contributed by atoms with Gasteiger partial charge in [-0.2, -0.15) is 5.10 Å². The molecule has 1 aliphatic rings. The molecule has 0 saturated carbocycles. The number of carbonyl (C=O) groups excluding carboxylic acids is 1. The van der Waals surface area contributed by atoms with Gasteiger partial charge >= 0.3 is 0 Å². The highest BCUT2D eigenvalue weighted by molar-refractivity contribution is 6.08. The number of benzene rings is 3. The number of anilines is 3. The van der Waals surface area contributed by atoms with Crippen molar-refractivity contribution in [3.8, 4) is 0 Å². The molecular formula is C26H26FN5O. The number of para-hydroxylation sites is 1. The summed E-state index contributed by atoms with van der Waals surface area (Å²) in [6.07, 6.45) is 2.30. The van der Waals surface area contributed by atoms with Gasteiger partial charge in [-0.25, -0.2) is 4.39 Å². The number of fused-ring (bicyclic) bond motifs is 1. The van der Waals surface area contributed by atoms with Gasteiger partial charge in [0.15, 0.2) is 5.82 Å². The second-order valence-electron chi connectivity index (χ2n) is 8.59. The zero-order chi connectivity index (χ0) is 22.8. The number of aromatic nitrogens is 2. The molecule has 0 unspecified atom stereocenters. The Morgan fingerprint density at radius 3 is 2.58 bits per heavy atom. The largest absolute Gasteiger partial charge is 0.353 e. The van der Waals surface area contributed by atoms with E-state index in [-0.39, 0.29) is 11.7 Å². The molecule has 4 aromatic rings. The lowest BCUT2D eigenvalue weighted by Crippen LogP contribution is -2.29. The molecule has 0 aliphatic carbocycles. The van der Waals surface area contributed by atoms with Crippen molar-refractivity contribution in [3.05, 3.63) is 83.7 Å². The molecule has 1 aromatic heterocycles. The normalized spacial score (nSPS) is 15.0. The van der Waals surface area contributed by atoms with E-state index in [9.17, 15) is 9.18 Å². The molecular weight excluding hydrogens is 417 g/mol. The maximum absolute atomic E-state index is 13.9. The first kappa shape index (κ1) is 21.2. The van der Waals surface area contributed by atoms with Crippen molar-refractivity contribution in [1.29, 1.82) is 0 Å². The van der Waals surface area contributed by atoms with Crippen LogP contribution in [0.4, 0.5) is 21.6 Å². The number of nitrogens with zero attached hydrogens (tertiary/aromatic N) is 2. The highest BCUT2D eigenvalue weighted by Gasteiger charge is 2.19. The summed E-state index contributed by atoms with van der Waals surface area (Å²) >= 11 is 0. The van der Waals surface area contributed by atoms with Gasteiger partial charge in [-0.3, -0.25) is 9.89 Å². The monoisotopic (exact) mass is 443 g/mol. The Morgan fingerprint density at radius 2 is 1.82 bits per heavy atom. The number of rotatable bonds is 5. The lowest BCUT2D eigenvalue weighted by molar-refractivity contribution is 0.102. The maximum atomic E-state index is 13.9. The highest BCUT2D eigenvalue weighted by Crippen LogP contribution is 2.29. The number of piperidine rings is 1. The van der Waals surface area contributed by atoms with Gasteiger partial charge in [0.25, 0.3) is 5.91 Å². The molecule has 0 radical (unpaired) electrons. The Labute approximate surface area is 191 Å². The second kappa shape index (κ2) is 9.03. The maximum Gasteiger partial charge on any atom is 0.256 e. The molecule has 0 bridgehead atoms. The van der Waals surface area contributed by atoms with Crippen molar-refractivity contribution in [2.45, 2.75) is 18.8 Å². The lowest BCUT2D eigenvalue weighted by atomic mass is 9.89. The predicted molar refractivity (Wildman–Crippen MR) is 130 cm³/mol. The fourth-order valence-electron chi connectivity index (χ4n) is 4.34. The summed E-state index contributed by atoms with van der Waals surface area (Å²) in [5.74, 6) is 0.497. The van der Waals surface area contributed by atoms with Crippen LogP contribution in [0.1, 0.15) is 34.7 Å². The molecule has 33 heavy (non-hydrogen) atoms. The molecule has 3 N–H and O–H groups in total. The van der Waals surface area contributed by atoms with Gasteiger partial charge in [0.1, 0.15) is 5.82 Å². The van der Waals surface area contributed by atoms with Crippen LogP contribution in [0.25, 0.3) is 10.9 Å². The molecule has 1 amide bonds. The minimum Gasteiger partial charge on any atom is -0.353 e. The molecule has 3 aromatic carbocycles. The van der Waals surface area contributed by atoms with E-state index in [0.29, 0.717) is 23.0 Å². The van der Waals surface area contributed by atoms with Crippen LogP contribution in [0.15, 0.2) is 66.7 Å². The summed E-state index contributed by atoms with van der Waals surface area (Å²) in [5.41, 5.74) is 3.75. The predicted octanol–water partition coefficient (Wildman–Crippen LogP) is 5.51. The van der Waals surface area contributed by atoms with Crippen LogP contribution in [0.2, 0.25) is 0 Å². The third kappa shape index (κ3) is 4.59. The smallest absolute Gasteiger partial charge is 0.256 e. The van der Waals surface area contributed by atoms with E-state index in [1.165, 1.54) is 11.6 Å². The van der Waals surface area contributed by atoms with Crippen LogP contribution < -0.4 is 10.6 Å². The Bertz CT molecular complexity index is 1280. The van der Waals surface area contributed by atoms with Crippen molar-refractivity contribution in [3.63, 3.8) is 0 Å². The SMILES string of the molecule is CN1CCC(c2ccc(C(=O)Nc3n[nH]c4cc(Nc5ccccc5F)ccc34)cc2)CC1. The third-order valence-electron chi connectivity index (χ3n) is 6.31. The van der Waals surface area contributed by atoms with E-state index in [1.54, 1.807) is 18.2 Å².